The molecule has 1 heterocycles. The molecule has 0 bridgehead atoms. The number of amides is 1. The summed E-state index contributed by atoms with van der Waals surface area (Å²) in [6.45, 7) is 1.91. The molecule has 0 radical (unpaired) electrons. The highest BCUT2D eigenvalue weighted by atomic mass is 35.7. The molecule has 0 saturated carbocycles. The van der Waals surface area contributed by atoms with Gasteiger partial charge in [-0.05, 0) is 18.2 Å². The van der Waals surface area contributed by atoms with Crippen LogP contribution in [0.25, 0.3) is 0 Å². The number of rotatable bonds is 3. The van der Waals surface area contributed by atoms with Crippen molar-refractivity contribution < 1.29 is 22.7 Å². The van der Waals surface area contributed by atoms with E-state index in [-0.39, 0.29) is 22.1 Å². The van der Waals surface area contributed by atoms with Gasteiger partial charge in [-0.2, -0.15) is 0 Å². The number of hydrogen-bond acceptors (Lipinski definition) is 5. The van der Waals surface area contributed by atoms with E-state index in [1.54, 1.807) is 4.90 Å². The number of hydrogen-bond donors (Lipinski definition) is 0. The fourth-order valence-corrected chi connectivity index (χ4v) is 2.97. The lowest BCUT2D eigenvalue weighted by atomic mass is 10.2. The highest BCUT2D eigenvalue weighted by Gasteiger charge is 2.23. The third-order valence-electron chi connectivity index (χ3n) is 2.97. The quantitative estimate of drug-likeness (QED) is 0.780. The van der Waals surface area contributed by atoms with Gasteiger partial charge in [-0.1, -0.05) is 0 Å². The van der Waals surface area contributed by atoms with Crippen molar-refractivity contribution in [3.63, 3.8) is 0 Å². The standard InChI is InChI=1S/C12H14ClNO5S/c1-18-10-3-2-9(8-11(10)20(13,16)17)12(15)14-4-6-19-7-5-14/h2-3,8H,4-7H2,1H3. The summed E-state index contributed by atoms with van der Waals surface area (Å²) in [6.07, 6.45) is 0. The first kappa shape index (κ1) is 15.1. The van der Waals surface area contributed by atoms with Gasteiger partial charge in [0.2, 0.25) is 0 Å². The summed E-state index contributed by atoms with van der Waals surface area (Å²) in [4.78, 5) is 13.7. The minimum atomic E-state index is -3.98. The van der Waals surface area contributed by atoms with Gasteiger partial charge in [-0.3, -0.25) is 4.79 Å². The molecule has 1 aliphatic heterocycles. The Labute approximate surface area is 121 Å². The maximum absolute atomic E-state index is 12.3. The number of carbonyl (C=O) groups excluding carboxylic acids is 1. The Bertz CT molecular complexity index is 610. The maximum Gasteiger partial charge on any atom is 0.265 e. The van der Waals surface area contributed by atoms with Crippen molar-refractivity contribution in [1.29, 1.82) is 0 Å². The second-order valence-electron chi connectivity index (χ2n) is 4.21. The molecule has 1 aliphatic rings. The van der Waals surface area contributed by atoms with Crippen LogP contribution >= 0.6 is 10.7 Å². The van der Waals surface area contributed by atoms with Crippen molar-refractivity contribution in [2.24, 2.45) is 0 Å². The third kappa shape index (κ3) is 3.23. The lowest BCUT2D eigenvalue weighted by Crippen LogP contribution is -2.40. The van der Waals surface area contributed by atoms with Crippen LogP contribution in [0, 0.1) is 0 Å². The van der Waals surface area contributed by atoms with Crippen molar-refractivity contribution in [2.75, 3.05) is 33.4 Å². The van der Waals surface area contributed by atoms with Crippen LogP contribution in [0.4, 0.5) is 0 Å². The van der Waals surface area contributed by atoms with Gasteiger partial charge in [-0.25, -0.2) is 8.42 Å². The first-order chi connectivity index (χ1) is 9.43. The molecule has 6 nitrogen and oxygen atoms in total. The first-order valence-electron chi connectivity index (χ1n) is 5.93. The van der Waals surface area contributed by atoms with Gasteiger partial charge in [0.25, 0.3) is 15.0 Å². The van der Waals surface area contributed by atoms with Crippen LogP contribution in [0.2, 0.25) is 0 Å². The zero-order valence-electron chi connectivity index (χ0n) is 10.8. The predicted octanol–water partition coefficient (Wildman–Crippen LogP) is 1.10. The second kappa shape index (κ2) is 5.99. The van der Waals surface area contributed by atoms with E-state index in [1.165, 1.54) is 25.3 Å². The molecule has 1 amide bonds. The average molecular weight is 320 g/mol. The SMILES string of the molecule is COc1ccc(C(=O)N2CCOCC2)cc1S(=O)(=O)Cl. The summed E-state index contributed by atoms with van der Waals surface area (Å²) in [7, 11) is 2.71. The molecule has 8 heteroatoms. The number of carbonyl (C=O) groups is 1. The number of ether oxygens (including phenoxy) is 2. The van der Waals surface area contributed by atoms with Gasteiger partial charge in [0.05, 0.1) is 20.3 Å². The van der Waals surface area contributed by atoms with Crippen LogP contribution in [0.15, 0.2) is 23.1 Å². The molecular weight excluding hydrogens is 306 g/mol. The van der Waals surface area contributed by atoms with Crippen molar-refractivity contribution in [2.45, 2.75) is 4.90 Å². The molecule has 1 aromatic rings. The number of benzene rings is 1. The Morgan fingerprint density at radius 3 is 2.55 bits per heavy atom. The molecule has 0 unspecified atom stereocenters. The van der Waals surface area contributed by atoms with Crippen molar-refractivity contribution >= 4 is 25.6 Å². The maximum atomic E-state index is 12.3. The van der Waals surface area contributed by atoms with E-state index >= 15 is 0 Å². The van der Waals surface area contributed by atoms with E-state index in [1.807, 2.05) is 0 Å². The molecule has 20 heavy (non-hydrogen) atoms. The molecule has 2 rings (SSSR count). The summed E-state index contributed by atoms with van der Waals surface area (Å²) >= 11 is 0. The molecule has 0 aromatic heterocycles. The van der Waals surface area contributed by atoms with E-state index in [4.69, 9.17) is 20.2 Å². The monoisotopic (exact) mass is 319 g/mol. The molecule has 110 valence electrons. The minimum absolute atomic E-state index is 0.110. The normalized spacial score (nSPS) is 16.0. The first-order valence-corrected chi connectivity index (χ1v) is 8.24. The molecule has 0 N–H and O–H groups in total. The van der Waals surface area contributed by atoms with Crippen LogP contribution in [-0.2, 0) is 13.8 Å². The lowest BCUT2D eigenvalue weighted by Gasteiger charge is -2.27. The van der Waals surface area contributed by atoms with E-state index in [2.05, 4.69) is 0 Å². The molecule has 1 aromatic carbocycles. The highest BCUT2D eigenvalue weighted by molar-refractivity contribution is 8.13. The van der Waals surface area contributed by atoms with E-state index in [9.17, 15) is 13.2 Å². The topological polar surface area (TPSA) is 72.9 Å². The Balaban J connectivity index is 2.35. The van der Waals surface area contributed by atoms with Gasteiger partial charge in [-0.15, -0.1) is 0 Å². The summed E-state index contributed by atoms with van der Waals surface area (Å²) in [5.74, 6) is -0.143. The summed E-state index contributed by atoms with van der Waals surface area (Å²) in [5, 5.41) is 0. The van der Waals surface area contributed by atoms with E-state index < -0.39 is 9.05 Å². The van der Waals surface area contributed by atoms with Gasteiger partial charge in [0.1, 0.15) is 10.6 Å². The molecule has 0 spiro atoms. The number of halogens is 1. The van der Waals surface area contributed by atoms with Gasteiger partial charge in [0.15, 0.2) is 0 Å². The van der Waals surface area contributed by atoms with Crippen molar-refractivity contribution in [3.8, 4) is 5.75 Å². The van der Waals surface area contributed by atoms with Crippen molar-refractivity contribution in [3.05, 3.63) is 23.8 Å². The molecule has 1 saturated heterocycles. The Morgan fingerprint density at radius 1 is 1.35 bits per heavy atom. The molecule has 0 atom stereocenters. The van der Waals surface area contributed by atoms with Crippen LogP contribution in [0.1, 0.15) is 10.4 Å². The fraction of sp³-hybridized carbons (Fsp3) is 0.417. The largest absolute Gasteiger partial charge is 0.495 e. The highest BCUT2D eigenvalue weighted by Crippen LogP contribution is 2.28. The third-order valence-corrected chi connectivity index (χ3v) is 4.31. The van der Waals surface area contributed by atoms with Crippen LogP contribution in [0.3, 0.4) is 0 Å². The van der Waals surface area contributed by atoms with Crippen LogP contribution in [0.5, 0.6) is 5.75 Å². The fourth-order valence-electron chi connectivity index (χ4n) is 1.95. The van der Waals surface area contributed by atoms with Crippen molar-refractivity contribution in [1.82, 2.24) is 4.90 Å². The van der Waals surface area contributed by atoms with E-state index in [0.717, 1.165) is 0 Å². The van der Waals surface area contributed by atoms with Crippen LogP contribution < -0.4 is 4.74 Å². The predicted molar refractivity (Wildman–Crippen MR) is 72.8 cm³/mol. The van der Waals surface area contributed by atoms with E-state index in [0.29, 0.717) is 26.3 Å². The van der Waals surface area contributed by atoms with Gasteiger partial charge in [0, 0.05) is 29.3 Å². The Hall–Kier alpha value is -1.31. The van der Waals surface area contributed by atoms with Gasteiger partial charge >= 0.3 is 0 Å². The Morgan fingerprint density at radius 2 is 2.00 bits per heavy atom. The summed E-state index contributed by atoms with van der Waals surface area (Å²) < 4.78 is 33.1. The second-order valence-corrected chi connectivity index (χ2v) is 6.74. The zero-order chi connectivity index (χ0) is 14.8. The number of nitrogens with zero attached hydrogens (tertiary/aromatic N) is 1. The average Bonchev–Trinajstić information content (AvgIpc) is 2.46. The smallest absolute Gasteiger partial charge is 0.265 e. The number of morpholine rings is 1. The number of methoxy groups -OCH3 is 1. The Kier molecular flexibility index (Phi) is 4.52. The molecular formula is C12H14ClNO5S. The molecule has 0 aliphatic carbocycles. The zero-order valence-corrected chi connectivity index (χ0v) is 12.4. The summed E-state index contributed by atoms with van der Waals surface area (Å²) in [6, 6.07) is 4.17. The minimum Gasteiger partial charge on any atom is -0.495 e. The van der Waals surface area contributed by atoms with Crippen LogP contribution in [-0.4, -0.2) is 52.6 Å². The summed E-state index contributed by atoms with van der Waals surface area (Å²) in [5.41, 5.74) is 0.256. The molecule has 1 fully saturated rings. The lowest BCUT2D eigenvalue weighted by molar-refractivity contribution is 0.0302. The van der Waals surface area contributed by atoms with Gasteiger partial charge < -0.3 is 14.4 Å².